The van der Waals surface area contributed by atoms with Gasteiger partial charge in [-0.2, -0.15) is 0 Å². The van der Waals surface area contributed by atoms with Crippen molar-refractivity contribution in [1.29, 1.82) is 0 Å². The highest BCUT2D eigenvalue weighted by molar-refractivity contribution is 5.74. The number of hydrogen-bond donors (Lipinski definition) is 2. The summed E-state index contributed by atoms with van der Waals surface area (Å²) < 4.78 is 5.32. The van der Waals surface area contributed by atoms with Crippen molar-refractivity contribution in [2.24, 2.45) is 5.92 Å². The van der Waals surface area contributed by atoms with Crippen LogP contribution in [0.3, 0.4) is 0 Å². The monoisotopic (exact) mass is 242 g/mol. The third-order valence-corrected chi connectivity index (χ3v) is 2.90. The standard InChI is InChI=1S/C13H26N2O2/c1-13(2,3)15-12(16)14-8-4-5-11-6-9-17-10-7-11/h11H,4-10H2,1-3H3,(H2,14,15,16). The Bertz CT molecular complexity index is 230. The van der Waals surface area contributed by atoms with Crippen molar-refractivity contribution in [3.05, 3.63) is 0 Å². The van der Waals surface area contributed by atoms with E-state index in [0.29, 0.717) is 0 Å². The van der Waals surface area contributed by atoms with Crippen LogP contribution in [0.5, 0.6) is 0 Å². The second-order valence-corrected chi connectivity index (χ2v) is 5.83. The SMILES string of the molecule is CC(C)(C)NC(=O)NCCCC1CCOCC1. The topological polar surface area (TPSA) is 50.4 Å². The molecule has 1 aliphatic heterocycles. The molecular formula is C13H26N2O2. The van der Waals surface area contributed by atoms with E-state index in [1.807, 2.05) is 20.8 Å². The zero-order valence-electron chi connectivity index (χ0n) is 11.3. The summed E-state index contributed by atoms with van der Waals surface area (Å²) in [6, 6.07) is -0.0653. The summed E-state index contributed by atoms with van der Waals surface area (Å²) in [6.07, 6.45) is 4.60. The van der Waals surface area contributed by atoms with E-state index in [2.05, 4.69) is 10.6 Å². The maximum absolute atomic E-state index is 11.5. The molecule has 1 rings (SSSR count). The molecule has 1 saturated heterocycles. The molecule has 0 aromatic heterocycles. The number of ether oxygens (including phenoxy) is 1. The van der Waals surface area contributed by atoms with Gasteiger partial charge < -0.3 is 15.4 Å². The molecular weight excluding hydrogens is 216 g/mol. The van der Waals surface area contributed by atoms with Crippen molar-refractivity contribution in [3.63, 3.8) is 0 Å². The van der Waals surface area contributed by atoms with E-state index >= 15 is 0 Å². The van der Waals surface area contributed by atoms with Crippen LogP contribution in [0, 0.1) is 5.92 Å². The van der Waals surface area contributed by atoms with Crippen molar-refractivity contribution in [3.8, 4) is 0 Å². The fourth-order valence-corrected chi connectivity index (χ4v) is 2.01. The molecule has 0 bridgehead atoms. The quantitative estimate of drug-likeness (QED) is 0.743. The van der Waals surface area contributed by atoms with Crippen molar-refractivity contribution in [2.45, 2.75) is 52.0 Å². The Labute approximate surface area is 104 Å². The minimum absolute atomic E-state index is 0.0653. The number of urea groups is 1. The molecule has 0 unspecified atom stereocenters. The van der Waals surface area contributed by atoms with E-state index < -0.39 is 0 Å². The molecule has 4 heteroatoms. The normalized spacial score (nSPS) is 17.8. The lowest BCUT2D eigenvalue weighted by Gasteiger charge is -2.23. The van der Waals surface area contributed by atoms with E-state index in [9.17, 15) is 4.79 Å². The molecule has 100 valence electrons. The van der Waals surface area contributed by atoms with Gasteiger partial charge in [-0.15, -0.1) is 0 Å². The number of hydrogen-bond acceptors (Lipinski definition) is 2. The number of carbonyl (C=O) groups excluding carboxylic acids is 1. The van der Waals surface area contributed by atoms with Gasteiger partial charge in [-0.3, -0.25) is 0 Å². The van der Waals surface area contributed by atoms with Gasteiger partial charge in [0.1, 0.15) is 0 Å². The minimum atomic E-state index is -0.162. The second-order valence-electron chi connectivity index (χ2n) is 5.83. The van der Waals surface area contributed by atoms with Crippen molar-refractivity contribution in [2.75, 3.05) is 19.8 Å². The average molecular weight is 242 g/mol. The molecule has 0 aromatic rings. The largest absolute Gasteiger partial charge is 0.381 e. The van der Waals surface area contributed by atoms with Gasteiger partial charge in [-0.1, -0.05) is 0 Å². The van der Waals surface area contributed by atoms with Crippen LogP contribution in [0.25, 0.3) is 0 Å². The Kier molecular flexibility index (Phi) is 5.75. The summed E-state index contributed by atoms with van der Waals surface area (Å²) in [7, 11) is 0. The fraction of sp³-hybridized carbons (Fsp3) is 0.923. The summed E-state index contributed by atoms with van der Waals surface area (Å²) in [4.78, 5) is 11.5. The number of amides is 2. The summed E-state index contributed by atoms with van der Waals surface area (Å²) in [5.74, 6) is 0.788. The Morgan fingerprint density at radius 2 is 1.94 bits per heavy atom. The second kappa shape index (κ2) is 6.84. The van der Waals surface area contributed by atoms with Crippen LogP contribution in [0.4, 0.5) is 4.79 Å². The van der Waals surface area contributed by atoms with Crippen molar-refractivity contribution in [1.82, 2.24) is 10.6 Å². The van der Waals surface area contributed by atoms with Crippen LogP contribution < -0.4 is 10.6 Å². The molecule has 2 N–H and O–H groups in total. The van der Waals surface area contributed by atoms with E-state index in [1.54, 1.807) is 0 Å². The van der Waals surface area contributed by atoms with E-state index in [0.717, 1.165) is 32.1 Å². The Hall–Kier alpha value is -0.770. The highest BCUT2D eigenvalue weighted by Crippen LogP contribution is 2.19. The summed E-state index contributed by atoms with van der Waals surface area (Å²) in [5, 5.41) is 5.79. The number of carbonyl (C=O) groups is 1. The predicted molar refractivity (Wildman–Crippen MR) is 69.1 cm³/mol. The van der Waals surface area contributed by atoms with Crippen LogP contribution in [0.15, 0.2) is 0 Å². The molecule has 4 nitrogen and oxygen atoms in total. The third kappa shape index (κ3) is 7.21. The lowest BCUT2D eigenvalue weighted by atomic mass is 9.95. The minimum Gasteiger partial charge on any atom is -0.381 e. The van der Waals surface area contributed by atoms with E-state index in [4.69, 9.17) is 4.74 Å². The van der Waals surface area contributed by atoms with Gasteiger partial charge in [0.05, 0.1) is 0 Å². The molecule has 0 radical (unpaired) electrons. The predicted octanol–water partition coefficient (Wildman–Crippen LogP) is 2.29. The first-order valence-electron chi connectivity index (χ1n) is 6.61. The molecule has 1 heterocycles. The van der Waals surface area contributed by atoms with Gasteiger partial charge in [0, 0.05) is 25.3 Å². The van der Waals surface area contributed by atoms with Crippen molar-refractivity contribution < 1.29 is 9.53 Å². The van der Waals surface area contributed by atoms with Gasteiger partial charge in [0.15, 0.2) is 0 Å². The molecule has 2 amide bonds. The van der Waals surface area contributed by atoms with E-state index in [-0.39, 0.29) is 11.6 Å². The van der Waals surface area contributed by atoms with Crippen LogP contribution in [0.2, 0.25) is 0 Å². The van der Waals surface area contributed by atoms with Crippen LogP contribution in [0.1, 0.15) is 46.5 Å². The molecule has 0 atom stereocenters. The lowest BCUT2D eigenvalue weighted by Crippen LogP contribution is -2.46. The molecule has 0 saturated carbocycles. The fourth-order valence-electron chi connectivity index (χ4n) is 2.01. The molecule has 1 fully saturated rings. The number of nitrogens with one attached hydrogen (secondary N) is 2. The van der Waals surface area contributed by atoms with Crippen LogP contribution >= 0.6 is 0 Å². The summed E-state index contributed by atoms with van der Waals surface area (Å²) >= 11 is 0. The van der Waals surface area contributed by atoms with Crippen molar-refractivity contribution >= 4 is 6.03 Å². The van der Waals surface area contributed by atoms with Gasteiger partial charge in [-0.05, 0) is 52.4 Å². The maximum atomic E-state index is 11.5. The molecule has 1 aliphatic rings. The molecule has 0 aromatic carbocycles. The highest BCUT2D eigenvalue weighted by atomic mass is 16.5. The number of rotatable bonds is 4. The van der Waals surface area contributed by atoms with Gasteiger partial charge in [0.2, 0.25) is 0 Å². The summed E-state index contributed by atoms with van der Waals surface area (Å²) in [6.45, 7) is 8.52. The Morgan fingerprint density at radius 3 is 2.53 bits per heavy atom. The molecule has 17 heavy (non-hydrogen) atoms. The van der Waals surface area contributed by atoms with Gasteiger partial charge in [-0.25, -0.2) is 4.79 Å². The first-order valence-corrected chi connectivity index (χ1v) is 6.61. The summed E-state index contributed by atoms with van der Waals surface area (Å²) in [5.41, 5.74) is -0.162. The third-order valence-electron chi connectivity index (χ3n) is 2.90. The van der Waals surface area contributed by atoms with E-state index in [1.165, 1.54) is 19.3 Å². The molecule has 0 spiro atoms. The Morgan fingerprint density at radius 1 is 1.29 bits per heavy atom. The smallest absolute Gasteiger partial charge is 0.315 e. The van der Waals surface area contributed by atoms with Gasteiger partial charge in [0.25, 0.3) is 0 Å². The highest BCUT2D eigenvalue weighted by Gasteiger charge is 2.14. The Balaban J connectivity index is 2.01. The van der Waals surface area contributed by atoms with Crippen LogP contribution in [-0.2, 0) is 4.74 Å². The zero-order valence-corrected chi connectivity index (χ0v) is 11.3. The average Bonchev–Trinajstić information content (AvgIpc) is 2.23. The van der Waals surface area contributed by atoms with Crippen LogP contribution in [-0.4, -0.2) is 31.3 Å². The van der Waals surface area contributed by atoms with Gasteiger partial charge >= 0.3 is 6.03 Å². The maximum Gasteiger partial charge on any atom is 0.315 e. The first-order chi connectivity index (χ1) is 7.97. The molecule has 0 aliphatic carbocycles. The first kappa shape index (κ1) is 14.3. The lowest BCUT2D eigenvalue weighted by molar-refractivity contribution is 0.0633. The zero-order chi connectivity index (χ0) is 12.7.